The summed E-state index contributed by atoms with van der Waals surface area (Å²) in [7, 11) is 1.72. The quantitative estimate of drug-likeness (QED) is 0.829. The molecule has 108 valence electrons. The van der Waals surface area contributed by atoms with Crippen LogP contribution in [0.4, 0.5) is 0 Å². The number of ether oxygens (including phenoxy) is 1. The summed E-state index contributed by atoms with van der Waals surface area (Å²) in [6.07, 6.45) is 0. The molecule has 19 heavy (non-hydrogen) atoms. The van der Waals surface area contributed by atoms with Crippen LogP contribution in [-0.2, 0) is 6.54 Å². The van der Waals surface area contributed by atoms with E-state index in [0.717, 1.165) is 18.8 Å². The van der Waals surface area contributed by atoms with E-state index < -0.39 is 0 Å². The Kier molecular flexibility index (Phi) is 5.83. The van der Waals surface area contributed by atoms with Crippen molar-refractivity contribution in [2.24, 2.45) is 0 Å². The van der Waals surface area contributed by atoms with E-state index in [1.54, 1.807) is 7.11 Å². The van der Waals surface area contributed by atoms with Crippen molar-refractivity contribution in [1.82, 2.24) is 10.6 Å². The number of hydrogen-bond donors (Lipinski definition) is 2. The summed E-state index contributed by atoms with van der Waals surface area (Å²) in [5, 5.41) is 7.04. The summed E-state index contributed by atoms with van der Waals surface area (Å²) < 4.78 is 5.39. The Morgan fingerprint density at radius 2 is 1.95 bits per heavy atom. The third-order valence-corrected chi connectivity index (χ3v) is 3.02. The minimum atomic E-state index is 0.164. The molecule has 0 saturated heterocycles. The lowest BCUT2D eigenvalue weighted by Crippen LogP contribution is -2.44. The summed E-state index contributed by atoms with van der Waals surface area (Å²) in [4.78, 5) is 0. The second-order valence-electron chi connectivity index (χ2n) is 6.23. The van der Waals surface area contributed by atoms with Crippen LogP contribution in [0.5, 0.6) is 5.75 Å². The molecule has 0 bridgehead atoms. The van der Waals surface area contributed by atoms with Crippen molar-refractivity contribution >= 4 is 0 Å². The van der Waals surface area contributed by atoms with Crippen LogP contribution in [0.2, 0.25) is 0 Å². The highest BCUT2D eigenvalue weighted by Gasteiger charge is 2.11. The van der Waals surface area contributed by atoms with E-state index in [0.29, 0.717) is 6.04 Å². The van der Waals surface area contributed by atoms with Crippen LogP contribution in [0.3, 0.4) is 0 Å². The minimum Gasteiger partial charge on any atom is -0.496 e. The standard InChI is InChI=1S/C16H28N2O/c1-12-7-8-15(19-6)14(9-12)11-17-13(2)10-18-16(3,4)5/h7-9,13,17-18H,10-11H2,1-6H3. The molecule has 0 saturated carbocycles. The molecule has 0 aliphatic rings. The average molecular weight is 264 g/mol. The smallest absolute Gasteiger partial charge is 0.123 e. The molecule has 3 nitrogen and oxygen atoms in total. The number of benzene rings is 1. The zero-order valence-corrected chi connectivity index (χ0v) is 13.1. The van der Waals surface area contributed by atoms with Gasteiger partial charge in [-0.2, -0.15) is 0 Å². The van der Waals surface area contributed by atoms with E-state index in [9.17, 15) is 0 Å². The van der Waals surface area contributed by atoms with Gasteiger partial charge in [0.05, 0.1) is 7.11 Å². The fourth-order valence-corrected chi connectivity index (χ4v) is 1.86. The van der Waals surface area contributed by atoms with Crippen LogP contribution in [0.25, 0.3) is 0 Å². The largest absolute Gasteiger partial charge is 0.496 e. The van der Waals surface area contributed by atoms with Crippen LogP contribution in [0.1, 0.15) is 38.8 Å². The van der Waals surface area contributed by atoms with Crippen molar-refractivity contribution in [1.29, 1.82) is 0 Å². The van der Waals surface area contributed by atoms with Gasteiger partial charge in [-0.1, -0.05) is 17.7 Å². The Morgan fingerprint density at radius 1 is 1.26 bits per heavy atom. The molecular weight excluding hydrogens is 236 g/mol. The lowest BCUT2D eigenvalue weighted by Gasteiger charge is -2.24. The van der Waals surface area contributed by atoms with E-state index in [1.165, 1.54) is 11.1 Å². The van der Waals surface area contributed by atoms with Crippen molar-refractivity contribution in [3.8, 4) is 5.75 Å². The molecule has 1 unspecified atom stereocenters. The summed E-state index contributed by atoms with van der Waals surface area (Å²) >= 11 is 0. The molecule has 0 amide bonds. The van der Waals surface area contributed by atoms with Crippen LogP contribution < -0.4 is 15.4 Å². The normalized spacial score (nSPS) is 13.4. The first-order valence-electron chi connectivity index (χ1n) is 6.94. The van der Waals surface area contributed by atoms with Crippen molar-refractivity contribution in [3.63, 3.8) is 0 Å². The Morgan fingerprint density at radius 3 is 2.53 bits per heavy atom. The third kappa shape index (κ3) is 6.08. The highest BCUT2D eigenvalue weighted by molar-refractivity contribution is 5.36. The van der Waals surface area contributed by atoms with Crippen molar-refractivity contribution < 1.29 is 4.74 Å². The lowest BCUT2D eigenvalue weighted by atomic mass is 10.1. The zero-order chi connectivity index (χ0) is 14.5. The Bertz CT molecular complexity index is 396. The monoisotopic (exact) mass is 264 g/mol. The Balaban J connectivity index is 2.50. The predicted molar refractivity (Wildman–Crippen MR) is 81.8 cm³/mol. The molecule has 2 N–H and O–H groups in total. The molecule has 1 rings (SSSR count). The van der Waals surface area contributed by atoms with E-state index in [4.69, 9.17) is 4.74 Å². The van der Waals surface area contributed by atoms with Crippen LogP contribution in [0, 0.1) is 6.92 Å². The maximum atomic E-state index is 5.39. The minimum absolute atomic E-state index is 0.164. The molecule has 0 aliphatic heterocycles. The van der Waals surface area contributed by atoms with Gasteiger partial charge in [-0.25, -0.2) is 0 Å². The van der Waals surface area contributed by atoms with Gasteiger partial charge < -0.3 is 15.4 Å². The maximum Gasteiger partial charge on any atom is 0.123 e. The number of rotatable bonds is 6. The molecule has 0 aliphatic carbocycles. The molecule has 0 heterocycles. The summed E-state index contributed by atoms with van der Waals surface area (Å²) in [6.45, 7) is 12.6. The van der Waals surface area contributed by atoms with Gasteiger partial charge in [-0.05, 0) is 40.7 Å². The first-order chi connectivity index (χ1) is 8.81. The zero-order valence-electron chi connectivity index (χ0n) is 13.1. The van der Waals surface area contributed by atoms with Crippen molar-refractivity contribution in [3.05, 3.63) is 29.3 Å². The highest BCUT2D eigenvalue weighted by atomic mass is 16.5. The first-order valence-corrected chi connectivity index (χ1v) is 6.94. The second kappa shape index (κ2) is 6.92. The molecule has 0 aromatic heterocycles. The number of nitrogens with one attached hydrogen (secondary N) is 2. The van der Waals surface area contributed by atoms with Crippen LogP contribution >= 0.6 is 0 Å². The van der Waals surface area contributed by atoms with Gasteiger partial charge in [0.25, 0.3) is 0 Å². The Hall–Kier alpha value is -1.06. The lowest BCUT2D eigenvalue weighted by molar-refractivity contribution is 0.381. The highest BCUT2D eigenvalue weighted by Crippen LogP contribution is 2.19. The van der Waals surface area contributed by atoms with Crippen LogP contribution in [0.15, 0.2) is 18.2 Å². The van der Waals surface area contributed by atoms with E-state index in [-0.39, 0.29) is 5.54 Å². The first kappa shape index (κ1) is 16.0. The number of aryl methyl sites for hydroxylation is 1. The summed E-state index contributed by atoms with van der Waals surface area (Å²) in [5.74, 6) is 0.953. The fraction of sp³-hybridized carbons (Fsp3) is 0.625. The van der Waals surface area contributed by atoms with Crippen molar-refractivity contribution in [2.75, 3.05) is 13.7 Å². The van der Waals surface area contributed by atoms with Crippen molar-refractivity contribution in [2.45, 2.75) is 52.7 Å². The third-order valence-electron chi connectivity index (χ3n) is 3.02. The fourth-order valence-electron chi connectivity index (χ4n) is 1.86. The average Bonchev–Trinajstić information content (AvgIpc) is 2.33. The predicted octanol–water partition coefficient (Wildman–Crippen LogP) is 2.87. The topological polar surface area (TPSA) is 33.3 Å². The van der Waals surface area contributed by atoms with Gasteiger partial charge in [0.2, 0.25) is 0 Å². The molecule has 1 aromatic carbocycles. The molecule has 1 atom stereocenters. The van der Waals surface area contributed by atoms with Gasteiger partial charge in [0, 0.05) is 30.2 Å². The maximum absolute atomic E-state index is 5.39. The number of methoxy groups -OCH3 is 1. The SMILES string of the molecule is COc1ccc(C)cc1CNC(C)CNC(C)(C)C. The molecule has 0 spiro atoms. The van der Waals surface area contributed by atoms with Crippen LogP contribution in [-0.4, -0.2) is 25.2 Å². The van der Waals surface area contributed by atoms with E-state index >= 15 is 0 Å². The Labute approximate surface area is 117 Å². The molecule has 0 fully saturated rings. The summed E-state index contributed by atoms with van der Waals surface area (Å²) in [6, 6.07) is 6.71. The summed E-state index contributed by atoms with van der Waals surface area (Å²) in [5.41, 5.74) is 2.64. The second-order valence-corrected chi connectivity index (χ2v) is 6.23. The molecular formula is C16H28N2O. The van der Waals surface area contributed by atoms with E-state index in [1.807, 2.05) is 6.07 Å². The molecule has 1 aromatic rings. The van der Waals surface area contributed by atoms with E-state index in [2.05, 4.69) is 57.4 Å². The molecule has 3 heteroatoms. The number of hydrogen-bond acceptors (Lipinski definition) is 3. The molecule has 0 radical (unpaired) electrons. The van der Waals surface area contributed by atoms with Gasteiger partial charge >= 0.3 is 0 Å². The van der Waals surface area contributed by atoms with Gasteiger partial charge in [-0.15, -0.1) is 0 Å². The van der Waals surface area contributed by atoms with Gasteiger partial charge in [0.15, 0.2) is 0 Å². The van der Waals surface area contributed by atoms with Gasteiger partial charge in [-0.3, -0.25) is 0 Å². The van der Waals surface area contributed by atoms with Gasteiger partial charge in [0.1, 0.15) is 5.75 Å².